The molecule has 1 aromatic heterocycles. The number of carbonyl (C=O) groups is 3. The van der Waals surface area contributed by atoms with Gasteiger partial charge in [-0.1, -0.05) is 57.2 Å². The quantitative estimate of drug-likeness (QED) is 0.209. The number of esters is 2. The molecular formula is C35H45N5O5. The highest BCUT2D eigenvalue weighted by atomic mass is 16.6. The van der Waals surface area contributed by atoms with E-state index < -0.39 is 5.97 Å². The topological polar surface area (TPSA) is 116 Å². The summed E-state index contributed by atoms with van der Waals surface area (Å²) in [4.78, 5) is 39.9. The number of benzene rings is 2. The first-order valence-electron chi connectivity index (χ1n) is 16.2. The van der Waals surface area contributed by atoms with Crippen LogP contribution in [0.25, 0.3) is 11.1 Å². The number of carbonyl (C=O) groups excluding carboxylic acids is 3. The van der Waals surface area contributed by atoms with E-state index in [-0.39, 0.29) is 36.0 Å². The molecule has 45 heavy (non-hydrogen) atoms. The highest BCUT2D eigenvalue weighted by Crippen LogP contribution is 2.49. The number of hydrogen-bond acceptors (Lipinski definition) is 8. The minimum absolute atomic E-state index is 0.139. The number of hydrogen-bond donors (Lipinski definition) is 1. The molecule has 1 aliphatic carbocycles. The maximum Gasteiger partial charge on any atom is 0.313 e. The number of aromatic nitrogens is 3. The van der Waals surface area contributed by atoms with Crippen molar-refractivity contribution in [3.05, 3.63) is 58.9 Å². The molecule has 1 N–H and O–H groups in total. The molecule has 0 unspecified atom stereocenters. The van der Waals surface area contributed by atoms with Crippen molar-refractivity contribution in [3.63, 3.8) is 0 Å². The smallest absolute Gasteiger partial charge is 0.313 e. The van der Waals surface area contributed by atoms with E-state index in [2.05, 4.69) is 41.6 Å². The lowest BCUT2D eigenvalue weighted by Gasteiger charge is -2.35. The van der Waals surface area contributed by atoms with Gasteiger partial charge in [-0.3, -0.25) is 19.1 Å². The van der Waals surface area contributed by atoms with Gasteiger partial charge in [0.1, 0.15) is 0 Å². The number of ether oxygens (including phenoxy) is 2. The Labute approximate surface area is 265 Å². The molecule has 0 spiro atoms. The first kappa shape index (κ1) is 32.3. The molecule has 0 fully saturated rings. The van der Waals surface area contributed by atoms with E-state index in [4.69, 9.17) is 9.47 Å². The third kappa shape index (κ3) is 7.79. The van der Waals surface area contributed by atoms with Gasteiger partial charge in [0.25, 0.3) is 0 Å². The third-order valence-corrected chi connectivity index (χ3v) is 8.37. The van der Waals surface area contributed by atoms with Gasteiger partial charge in [0.05, 0.1) is 11.6 Å². The summed E-state index contributed by atoms with van der Waals surface area (Å²) in [7, 11) is 1.84. The normalized spacial score (nSPS) is 15.0. The molecular weight excluding hydrogens is 570 g/mol. The minimum Gasteiger partial charge on any atom is -0.422 e. The van der Waals surface area contributed by atoms with Crippen LogP contribution in [0.1, 0.15) is 81.8 Å². The van der Waals surface area contributed by atoms with Crippen molar-refractivity contribution in [2.45, 2.75) is 85.2 Å². The first-order chi connectivity index (χ1) is 21.6. The molecule has 240 valence electrons. The minimum atomic E-state index is -0.411. The van der Waals surface area contributed by atoms with Gasteiger partial charge in [0, 0.05) is 50.8 Å². The standard InChI is InChI=1S/C35H45N5O5/c1-22(2)20-39(5)30(41)12-7-10-26-21-40(38-37-26)18-8-13-31(42)44-29-15-14-25-19-28-32-24(16-17-36-28)9-6-11-27(32)33(25)34(29)45-35(43)23(3)4/h6,9,11,14-15,21-23,28,36H,7-8,10,12-13,16-20H2,1-5H3/t28-/m1/s1. The van der Waals surface area contributed by atoms with Crippen molar-refractivity contribution in [1.29, 1.82) is 0 Å². The molecule has 2 heterocycles. The summed E-state index contributed by atoms with van der Waals surface area (Å²) in [5.41, 5.74) is 6.25. The van der Waals surface area contributed by atoms with Crippen LogP contribution in [-0.2, 0) is 40.2 Å². The van der Waals surface area contributed by atoms with Crippen molar-refractivity contribution in [2.24, 2.45) is 11.8 Å². The summed E-state index contributed by atoms with van der Waals surface area (Å²) in [6.45, 7) is 9.94. The summed E-state index contributed by atoms with van der Waals surface area (Å²) in [6.07, 6.45) is 6.09. The Morgan fingerprint density at radius 2 is 1.87 bits per heavy atom. The zero-order valence-corrected chi connectivity index (χ0v) is 27.1. The Balaban J connectivity index is 1.21. The van der Waals surface area contributed by atoms with Crippen LogP contribution >= 0.6 is 0 Å². The average Bonchev–Trinajstić information content (AvgIpc) is 3.45. The fourth-order valence-corrected chi connectivity index (χ4v) is 6.19. The van der Waals surface area contributed by atoms with E-state index >= 15 is 0 Å². The van der Waals surface area contributed by atoms with E-state index in [9.17, 15) is 14.4 Å². The van der Waals surface area contributed by atoms with Gasteiger partial charge in [0.2, 0.25) is 5.91 Å². The molecule has 2 aromatic carbocycles. The largest absolute Gasteiger partial charge is 0.422 e. The van der Waals surface area contributed by atoms with Crippen LogP contribution in [0.2, 0.25) is 0 Å². The Hall–Kier alpha value is -4.05. The Bertz CT molecular complexity index is 1550. The van der Waals surface area contributed by atoms with E-state index in [0.717, 1.165) is 48.3 Å². The average molecular weight is 616 g/mol. The molecule has 10 nitrogen and oxygen atoms in total. The number of fused-ring (bicyclic) bond motifs is 2. The summed E-state index contributed by atoms with van der Waals surface area (Å²) < 4.78 is 13.5. The van der Waals surface area contributed by atoms with Gasteiger partial charge in [-0.2, -0.15) is 0 Å². The fourth-order valence-electron chi connectivity index (χ4n) is 6.19. The van der Waals surface area contributed by atoms with E-state index in [1.165, 1.54) is 11.1 Å². The second-order valence-electron chi connectivity index (χ2n) is 12.9. The zero-order valence-electron chi connectivity index (χ0n) is 27.1. The second kappa shape index (κ2) is 14.4. The Morgan fingerprint density at radius 1 is 1.04 bits per heavy atom. The molecule has 0 bridgehead atoms. The Morgan fingerprint density at radius 3 is 2.64 bits per heavy atom. The highest BCUT2D eigenvalue weighted by Gasteiger charge is 2.33. The summed E-state index contributed by atoms with van der Waals surface area (Å²) >= 11 is 0. The van der Waals surface area contributed by atoms with Crippen LogP contribution in [0.15, 0.2) is 36.5 Å². The Kier molecular flexibility index (Phi) is 10.3. The summed E-state index contributed by atoms with van der Waals surface area (Å²) in [5, 5.41) is 12.0. The van der Waals surface area contributed by atoms with Crippen molar-refractivity contribution < 1.29 is 23.9 Å². The number of nitrogens with one attached hydrogen (secondary N) is 1. The van der Waals surface area contributed by atoms with Crippen LogP contribution in [0, 0.1) is 11.8 Å². The SMILES string of the molecule is CC(C)CN(C)C(=O)CCCc1cn(CCCC(=O)Oc2ccc3c(c2OC(=O)C(C)C)-c2cccc4c2[C@@H](C3)NCC4)nn1. The zero-order chi connectivity index (χ0) is 32.1. The first-order valence-corrected chi connectivity index (χ1v) is 16.2. The molecule has 10 heteroatoms. The lowest BCUT2D eigenvalue weighted by Crippen LogP contribution is -2.33. The van der Waals surface area contributed by atoms with Crippen LogP contribution in [0.4, 0.5) is 0 Å². The number of rotatable bonds is 13. The van der Waals surface area contributed by atoms with Gasteiger partial charge >= 0.3 is 11.9 Å². The highest BCUT2D eigenvalue weighted by molar-refractivity contribution is 5.87. The molecule has 2 aliphatic rings. The van der Waals surface area contributed by atoms with E-state index in [1.807, 2.05) is 25.4 Å². The van der Waals surface area contributed by atoms with Crippen molar-refractivity contribution in [3.8, 4) is 22.6 Å². The van der Waals surface area contributed by atoms with Crippen molar-refractivity contribution >= 4 is 17.8 Å². The molecule has 0 saturated heterocycles. The van der Waals surface area contributed by atoms with Gasteiger partial charge in [-0.25, -0.2) is 0 Å². The van der Waals surface area contributed by atoms with Gasteiger partial charge in [0.15, 0.2) is 11.5 Å². The van der Waals surface area contributed by atoms with Gasteiger partial charge in [-0.05, 0) is 72.9 Å². The lowest BCUT2D eigenvalue weighted by molar-refractivity contribution is -0.139. The maximum atomic E-state index is 13.0. The molecule has 1 amide bonds. The van der Waals surface area contributed by atoms with Crippen LogP contribution in [-0.4, -0.2) is 57.9 Å². The molecule has 5 rings (SSSR count). The predicted octanol–water partition coefficient (Wildman–Crippen LogP) is 5.07. The van der Waals surface area contributed by atoms with E-state index in [0.29, 0.717) is 43.9 Å². The van der Waals surface area contributed by atoms with Gasteiger partial charge < -0.3 is 19.7 Å². The van der Waals surface area contributed by atoms with Crippen LogP contribution < -0.4 is 14.8 Å². The van der Waals surface area contributed by atoms with Crippen LogP contribution in [0.3, 0.4) is 0 Å². The molecule has 1 atom stereocenters. The summed E-state index contributed by atoms with van der Waals surface area (Å²) in [6, 6.07) is 10.2. The molecule has 1 aliphatic heterocycles. The van der Waals surface area contributed by atoms with Gasteiger partial charge in [-0.15, -0.1) is 5.10 Å². The second-order valence-corrected chi connectivity index (χ2v) is 12.9. The van der Waals surface area contributed by atoms with E-state index in [1.54, 1.807) is 29.5 Å². The summed E-state index contributed by atoms with van der Waals surface area (Å²) in [5.74, 6) is 0.0163. The lowest BCUT2D eigenvalue weighted by atomic mass is 9.77. The fraction of sp³-hybridized carbons (Fsp3) is 0.514. The number of aryl methyl sites for hydroxylation is 2. The maximum absolute atomic E-state index is 13.0. The van der Waals surface area contributed by atoms with Crippen LogP contribution in [0.5, 0.6) is 11.5 Å². The monoisotopic (exact) mass is 615 g/mol. The van der Waals surface area contributed by atoms with Crippen molar-refractivity contribution in [1.82, 2.24) is 25.2 Å². The third-order valence-electron chi connectivity index (χ3n) is 8.37. The van der Waals surface area contributed by atoms with Crippen molar-refractivity contribution in [2.75, 3.05) is 20.1 Å². The number of nitrogens with zero attached hydrogens (tertiary/aromatic N) is 4. The molecule has 3 aromatic rings. The molecule has 0 radical (unpaired) electrons. The number of amides is 1. The molecule has 0 saturated carbocycles. The predicted molar refractivity (Wildman–Crippen MR) is 171 cm³/mol.